The van der Waals surface area contributed by atoms with Gasteiger partial charge in [-0.2, -0.15) is 0 Å². The van der Waals surface area contributed by atoms with Crippen LogP contribution in [0.5, 0.6) is 0 Å². The highest BCUT2D eigenvalue weighted by Crippen LogP contribution is 2.43. The van der Waals surface area contributed by atoms with E-state index in [-0.39, 0.29) is 6.09 Å². The van der Waals surface area contributed by atoms with E-state index in [1.165, 1.54) is 7.11 Å². The summed E-state index contributed by atoms with van der Waals surface area (Å²) in [4.78, 5) is 58.7. The molecule has 2 heterocycles. The maximum absolute atomic E-state index is 14.1. The summed E-state index contributed by atoms with van der Waals surface area (Å²) >= 11 is 0. The first-order chi connectivity index (χ1) is 19.9. The quantitative estimate of drug-likeness (QED) is 0.220. The van der Waals surface area contributed by atoms with E-state index in [0.717, 1.165) is 43.8 Å². The average Bonchev–Trinajstić information content (AvgIpc) is 3.21. The van der Waals surface area contributed by atoms with Crippen molar-refractivity contribution in [1.82, 2.24) is 19.6 Å². The van der Waals surface area contributed by atoms with Gasteiger partial charge in [0.25, 0.3) is 5.91 Å². The molecule has 41 heavy (non-hydrogen) atoms. The number of methoxy groups -OCH3 is 1. The fourth-order valence-electron chi connectivity index (χ4n) is 5.69. The molecule has 0 spiro atoms. The van der Waals surface area contributed by atoms with Crippen molar-refractivity contribution < 1.29 is 28.7 Å². The first-order valence-corrected chi connectivity index (χ1v) is 14.4. The zero-order valence-electron chi connectivity index (χ0n) is 24.0. The Morgan fingerprint density at radius 3 is 1.90 bits per heavy atom. The molecule has 220 valence electrons. The monoisotopic (exact) mass is 564 g/mol. The van der Waals surface area contributed by atoms with Crippen LogP contribution in [0.3, 0.4) is 0 Å². The Hall–Kier alpha value is -3.92. The number of benzene rings is 2. The molecule has 4 rings (SSSR count). The predicted octanol–water partition coefficient (Wildman–Crippen LogP) is 3.70. The Balaban J connectivity index is 1.42. The topological polar surface area (TPSA) is 99.7 Å². The van der Waals surface area contributed by atoms with Crippen LogP contribution in [0.4, 0.5) is 9.59 Å². The minimum Gasteiger partial charge on any atom is -0.468 e. The van der Waals surface area contributed by atoms with Crippen molar-refractivity contribution >= 4 is 24.0 Å². The first kappa shape index (κ1) is 30.0. The molecule has 0 saturated carbocycles. The summed E-state index contributed by atoms with van der Waals surface area (Å²) in [5.74, 6) is -1.10. The Bertz CT molecular complexity index is 1140. The molecule has 0 bridgehead atoms. The van der Waals surface area contributed by atoms with Gasteiger partial charge < -0.3 is 19.3 Å². The number of ether oxygens (including phenoxy) is 2. The van der Waals surface area contributed by atoms with Crippen LogP contribution >= 0.6 is 0 Å². The van der Waals surface area contributed by atoms with Gasteiger partial charge in [-0.05, 0) is 37.4 Å². The second-order valence-corrected chi connectivity index (χ2v) is 10.3. The fourth-order valence-corrected chi connectivity index (χ4v) is 5.69. The van der Waals surface area contributed by atoms with Gasteiger partial charge in [0.2, 0.25) is 0 Å². The van der Waals surface area contributed by atoms with Gasteiger partial charge in [-0.15, -0.1) is 0 Å². The summed E-state index contributed by atoms with van der Waals surface area (Å²) in [7, 11) is 1.24. The molecule has 0 radical (unpaired) electrons. The van der Waals surface area contributed by atoms with Gasteiger partial charge in [-0.1, -0.05) is 73.5 Å². The normalized spacial score (nSPS) is 17.2. The summed E-state index contributed by atoms with van der Waals surface area (Å²) in [5, 5.41) is 0. The number of esters is 1. The third kappa shape index (κ3) is 6.53. The Kier molecular flexibility index (Phi) is 10.3. The lowest BCUT2D eigenvalue weighted by Crippen LogP contribution is -2.49. The molecule has 0 atom stereocenters. The molecular weight excluding hydrogens is 524 g/mol. The van der Waals surface area contributed by atoms with E-state index in [1.54, 1.807) is 9.80 Å². The van der Waals surface area contributed by atoms with Gasteiger partial charge in [-0.3, -0.25) is 19.4 Å². The van der Waals surface area contributed by atoms with Crippen molar-refractivity contribution in [3.63, 3.8) is 0 Å². The number of piperazine rings is 1. The van der Waals surface area contributed by atoms with Gasteiger partial charge in [0.1, 0.15) is 6.54 Å². The lowest BCUT2D eigenvalue weighted by molar-refractivity contribution is -0.145. The fraction of sp³-hybridized carbons (Fsp3) is 0.484. The lowest BCUT2D eigenvalue weighted by atomic mass is 9.81. The van der Waals surface area contributed by atoms with Gasteiger partial charge in [-0.25, -0.2) is 9.59 Å². The Morgan fingerprint density at radius 2 is 1.37 bits per heavy atom. The van der Waals surface area contributed by atoms with Crippen LogP contribution in [0.2, 0.25) is 0 Å². The van der Waals surface area contributed by atoms with Gasteiger partial charge in [0.15, 0.2) is 5.54 Å². The second-order valence-electron chi connectivity index (χ2n) is 10.3. The Morgan fingerprint density at radius 1 is 0.805 bits per heavy atom. The summed E-state index contributed by atoms with van der Waals surface area (Å²) in [6, 6.07) is 18.1. The minimum absolute atomic E-state index is 0.241. The maximum atomic E-state index is 14.1. The van der Waals surface area contributed by atoms with Crippen LogP contribution in [0.15, 0.2) is 60.7 Å². The summed E-state index contributed by atoms with van der Waals surface area (Å²) in [5.41, 5.74) is -0.00979. The molecule has 0 unspecified atom stereocenters. The minimum atomic E-state index is -1.37. The molecule has 4 amide bonds. The summed E-state index contributed by atoms with van der Waals surface area (Å²) in [6.45, 7) is 6.08. The van der Waals surface area contributed by atoms with E-state index in [2.05, 4.69) is 4.90 Å². The van der Waals surface area contributed by atoms with Crippen molar-refractivity contribution in [2.75, 3.05) is 59.5 Å². The van der Waals surface area contributed by atoms with Gasteiger partial charge >= 0.3 is 18.1 Å². The molecule has 10 nitrogen and oxygen atoms in total. The molecule has 0 N–H and O–H groups in total. The smallest absolute Gasteiger partial charge is 0.409 e. The van der Waals surface area contributed by atoms with Crippen LogP contribution in [0.1, 0.15) is 43.7 Å². The van der Waals surface area contributed by atoms with E-state index >= 15 is 0 Å². The number of hydrogen-bond acceptors (Lipinski definition) is 7. The van der Waals surface area contributed by atoms with Crippen LogP contribution in [0, 0.1) is 0 Å². The molecule has 10 heteroatoms. The summed E-state index contributed by atoms with van der Waals surface area (Å²) < 4.78 is 9.89. The standard InChI is InChI=1S/C31H40N4O6/c1-3-41-30(39)33-22-20-32(21-23-33)18-12-4-5-13-19-35-29(38)34(24-27(36)40-2)28(37)31(35,25-14-8-6-9-15-25)26-16-10-7-11-17-26/h6-11,14-17H,3-5,12-13,18-24H2,1-2H3. The maximum Gasteiger partial charge on any atom is 0.409 e. The highest BCUT2D eigenvalue weighted by molar-refractivity contribution is 6.11. The molecular formula is C31H40N4O6. The zero-order chi connectivity index (χ0) is 29.2. The zero-order valence-corrected chi connectivity index (χ0v) is 24.0. The number of carbonyl (C=O) groups excluding carboxylic acids is 4. The van der Waals surface area contributed by atoms with Crippen molar-refractivity contribution in [3.8, 4) is 0 Å². The molecule has 0 aromatic heterocycles. The van der Waals surface area contributed by atoms with Crippen LogP contribution in [0.25, 0.3) is 0 Å². The number of nitrogens with zero attached hydrogens (tertiary/aromatic N) is 4. The highest BCUT2D eigenvalue weighted by Gasteiger charge is 2.59. The number of carbonyl (C=O) groups is 4. The molecule has 2 aromatic carbocycles. The third-order valence-corrected chi connectivity index (χ3v) is 7.82. The number of hydrogen-bond donors (Lipinski definition) is 0. The lowest BCUT2D eigenvalue weighted by Gasteiger charge is -2.36. The van der Waals surface area contributed by atoms with E-state index in [1.807, 2.05) is 67.6 Å². The van der Waals surface area contributed by atoms with Gasteiger partial charge in [0, 0.05) is 32.7 Å². The number of unbranched alkanes of at least 4 members (excludes halogenated alkanes) is 3. The van der Waals surface area contributed by atoms with Crippen molar-refractivity contribution in [2.24, 2.45) is 0 Å². The second kappa shape index (κ2) is 14.1. The highest BCUT2D eigenvalue weighted by atomic mass is 16.6. The van der Waals surface area contributed by atoms with Crippen molar-refractivity contribution in [1.29, 1.82) is 0 Å². The van der Waals surface area contributed by atoms with Crippen LogP contribution < -0.4 is 0 Å². The van der Waals surface area contributed by atoms with Crippen LogP contribution in [-0.2, 0) is 24.6 Å². The molecule has 2 aliphatic rings. The van der Waals surface area contributed by atoms with Crippen molar-refractivity contribution in [2.45, 2.75) is 38.1 Å². The first-order valence-electron chi connectivity index (χ1n) is 14.4. The molecule has 2 aliphatic heterocycles. The number of imide groups is 1. The average molecular weight is 565 g/mol. The molecule has 2 aromatic rings. The SMILES string of the molecule is CCOC(=O)N1CCN(CCCCCCN2C(=O)N(CC(=O)OC)C(=O)C2(c2ccccc2)c2ccccc2)CC1. The predicted molar refractivity (Wildman–Crippen MR) is 153 cm³/mol. The van der Waals surface area contributed by atoms with E-state index in [9.17, 15) is 19.2 Å². The number of amides is 4. The largest absolute Gasteiger partial charge is 0.468 e. The van der Waals surface area contributed by atoms with Crippen LogP contribution in [-0.4, -0.2) is 103 Å². The van der Waals surface area contributed by atoms with E-state index in [4.69, 9.17) is 9.47 Å². The van der Waals surface area contributed by atoms with Gasteiger partial charge in [0.05, 0.1) is 13.7 Å². The molecule has 2 saturated heterocycles. The van der Waals surface area contributed by atoms with E-state index in [0.29, 0.717) is 43.8 Å². The Labute approximate surface area is 241 Å². The number of urea groups is 1. The third-order valence-electron chi connectivity index (χ3n) is 7.82. The molecule has 0 aliphatic carbocycles. The summed E-state index contributed by atoms with van der Waals surface area (Å²) in [6.07, 6.45) is 3.34. The van der Waals surface area contributed by atoms with Crippen molar-refractivity contribution in [3.05, 3.63) is 71.8 Å². The molecule has 2 fully saturated rings. The van der Waals surface area contributed by atoms with E-state index < -0.39 is 30.0 Å². The number of rotatable bonds is 12.